The van der Waals surface area contributed by atoms with Crippen molar-refractivity contribution in [2.75, 3.05) is 13.1 Å². The smallest absolute Gasteiger partial charge is 0.138 e. The second-order valence-electron chi connectivity index (χ2n) is 4.59. The fraction of sp³-hybridized carbons (Fsp3) is 0.667. The minimum atomic E-state index is 0.311. The number of aromatic nitrogens is 2. The Morgan fingerprint density at radius 2 is 2.56 bits per heavy atom. The zero-order chi connectivity index (χ0) is 11.4. The van der Waals surface area contributed by atoms with Crippen molar-refractivity contribution in [3.05, 3.63) is 18.0 Å². The number of carbonyl (C=O) groups excluding carboxylic acids is 1. The summed E-state index contributed by atoms with van der Waals surface area (Å²) in [4.78, 5) is 11.7. The van der Waals surface area contributed by atoms with E-state index in [1.807, 2.05) is 19.3 Å². The van der Waals surface area contributed by atoms with Gasteiger partial charge in [-0.15, -0.1) is 0 Å². The number of hydrogen-bond acceptors (Lipinski definition) is 3. The first-order valence-electron chi connectivity index (χ1n) is 5.95. The highest BCUT2D eigenvalue weighted by molar-refractivity contribution is 5.80. The minimum absolute atomic E-state index is 0.311. The molecule has 0 aromatic carbocycles. The Bertz CT molecular complexity index is 353. The number of carbonyl (C=O) groups is 1. The van der Waals surface area contributed by atoms with Gasteiger partial charge in [-0.2, -0.15) is 5.10 Å². The van der Waals surface area contributed by atoms with Crippen LogP contribution in [-0.4, -0.2) is 28.7 Å². The van der Waals surface area contributed by atoms with Crippen LogP contribution < -0.4 is 5.32 Å². The van der Waals surface area contributed by atoms with Crippen LogP contribution in [0.15, 0.2) is 12.3 Å². The summed E-state index contributed by atoms with van der Waals surface area (Å²) in [7, 11) is 1.87. The van der Waals surface area contributed by atoms with Crippen molar-refractivity contribution >= 4 is 5.78 Å². The zero-order valence-corrected chi connectivity index (χ0v) is 9.78. The Morgan fingerprint density at radius 3 is 3.19 bits per heavy atom. The Labute approximate surface area is 96.0 Å². The molecule has 1 aliphatic heterocycles. The van der Waals surface area contributed by atoms with E-state index in [-0.39, 0.29) is 0 Å². The van der Waals surface area contributed by atoms with Crippen LogP contribution >= 0.6 is 0 Å². The van der Waals surface area contributed by atoms with Gasteiger partial charge in [0, 0.05) is 19.7 Å². The number of aryl methyl sites for hydroxylation is 1. The molecule has 0 amide bonds. The topological polar surface area (TPSA) is 46.9 Å². The van der Waals surface area contributed by atoms with E-state index in [1.165, 1.54) is 6.42 Å². The molecule has 2 rings (SSSR count). The Balaban J connectivity index is 1.71. The summed E-state index contributed by atoms with van der Waals surface area (Å²) in [5.41, 5.74) is 0.886. The van der Waals surface area contributed by atoms with Crippen LogP contribution in [0.3, 0.4) is 0 Å². The van der Waals surface area contributed by atoms with Gasteiger partial charge in [-0.3, -0.25) is 9.48 Å². The molecule has 1 saturated heterocycles. The first kappa shape index (κ1) is 11.3. The van der Waals surface area contributed by atoms with Crippen molar-refractivity contribution in [3.63, 3.8) is 0 Å². The van der Waals surface area contributed by atoms with Crippen LogP contribution in [0.5, 0.6) is 0 Å². The third-order valence-electron chi connectivity index (χ3n) is 3.14. The zero-order valence-electron chi connectivity index (χ0n) is 9.78. The molecule has 2 heterocycles. The molecule has 0 radical (unpaired) electrons. The molecule has 1 fully saturated rings. The van der Waals surface area contributed by atoms with Gasteiger partial charge < -0.3 is 5.32 Å². The number of hydrogen-bond donors (Lipinski definition) is 1. The lowest BCUT2D eigenvalue weighted by molar-refractivity contribution is -0.118. The van der Waals surface area contributed by atoms with Crippen LogP contribution in [0.1, 0.15) is 25.0 Å². The van der Waals surface area contributed by atoms with Gasteiger partial charge in [0.05, 0.1) is 12.1 Å². The van der Waals surface area contributed by atoms with Crippen molar-refractivity contribution in [1.82, 2.24) is 15.1 Å². The SMILES string of the molecule is Cn1ccc(CC(=O)CCC2CCNC2)n1. The molecular formula is C12H19N3O. The number of ketones is 1. The van der Waals surface area contributed by atoms with Gasteiger partial charge in [0.1, 0.15) is 5.78 Å². The van der Waals surface area contributed by atoms with Crippen LogP contribution in [0.2, 0.25) is 0 Å². The Morgan fingerprint density at radius 1 is 1.69 bits per heavy atom. The Hall–Kier alpha value is -1.16. The standard InChI is InChI=1S/C12H19N3O/c1-15-7-5-11(14-15)8-12(16)3-2-10-4-6-13-9-10/h5,7,10,13H,2-4,6,8-9H2,1H3. The molecule has 88 valence electrons. The number of nitrogens with one attached hydrogen (secondary N) is 1. The third kappa shape index (κ3) is 3.17. The van der Waals surface area contributed by atoms with E-state index >= 15 is 0 Å². The molecule has 1 aromatic heterocycles. The minimum Gasteiger partial charge on any atom is -0.316 e. The van der Waals surface area contributed by atoms with E-state index in [1.54, 1.807) is 4.68 Å². The van der Waals surface area contributed by atoms with Gasteiger partial charge in [-0.25, -0.2) is 0 Å². The summed E-state index contributed by atoms with van der Waals surface area (Å²) in [6.45, 7) is 2.19. The van der Waals surface area contributed by atoms with Gasteiger partial charge in [0.25, 0.3) is 0 Å². The molecule has 0 bridgehead atoms. The number of Topliss-reactive ketones (excluding diaryl/α,β-unsaturated/α-hetero) is 1. The van der Waals surface area contributed by atoms with Crippen LogP contribution in [-0.2, 0) is 18.3 Å². The van der Waals surface area contributed by atoms with E-state index < -0.39 is 0 Å². The summed E-state index contributed by atoms with van der Waals surface area (Å²) in [5.74, 6) is 1.01. The third-order valence-corrected chi connectivity index (χ3v) is 3.14. The van der Waals surface area contributed by atoms with Crippen molar-refractivity contribution in [2.24, 2.45) is 13.0 Å². The molecular weight excluding hydrogens is 202 g/mol. The van der Waals surface area contributed by atoms with Crippen LogP contribution in [0, 0.1) is 5.92 Å². The molecule has 4 nitrogen and oxygen atoms in total. The lowest BCUT2D eigenvalue weighted by Gasteiger charge is -2.06. The molecule has 1 atom stereocenters. The second kappa shape index (κ2) is 5.25. The van der Waals surface area contributed by atoms with Crippen molar-refractivity contribution < 1.29 is 4.79 Å². The predicted octanol–water partition coefficient (Wildman–Crippen LogP) is 0.921. The molecule has 1 aromatic rings. The first-order chi connectivity index (χ1) is 7.74. The second-order valence-corrected chi connectivity index (χ2v) is 4.59. The van der Waals surface area contributed by atoms with Crippen molar-refractivity contribution in [1.29, 1.82) is 0 Å². The van der Waals surface area contributed by atoms with Crippen LogP contribution in [0.4, 0.5) is 0 Å². The molecule has 1 N–H and O–H groups in total. The molecule has 4 heteroatoms. The molecule has 1 aliphatic rings. The van der Waals surface area contributed by atoms with Gasteiger partial charge >= 0.3 is 0 Å². The number of rotatable bonds is 5. The van der Waals surface area contributed by atoms with E-state index in [0.717, 1.165) is 25.2 Å². The van der Waals surface area contributed by atoms with Gasteiger partial charge in [0.2, 0.25) is 0 Å². The predicted molar refractivity (Wildman–Crippen MR) is 62.1 cm³/mol. The maximum absolute atomic E-state index is 11.7. The first-order valence-corrected chi connectivity index (χ1v) is 5.95. The molecule has 0 aliphatic carbocycles. The highest BCUT2D eigenvalue weighted by Crippen LogP contribution is 2.15. The molecule has 0 spiro atoms. The normalized spacial score (nSPS) is 20.2. The van der Waals surface area contributed by atoms with Gasteiger partial charge in [0.15, 0.2) is 0 Å². The summed E-state index contributed by atoms with van der Waals surface area (Å²) in [5, 5.41) is 7.54. The molecule has 1 unspecified atom stereocenters. The van der Waals surface area contributed by atoms with E-state index in [0.29, 0.717) is 24.5 Å². The van der Waals surface area contributed by atoms with Gasteiger partial charge in [-0.05, 0) is 37.9 Å². The lowest BCUT2D eigenvalue weighted by atomic mass is 9.99. The largest absolute Gasteiger partial charge is 0.316 e. The van der Waals surface area contributed by atoms with Crippen molar-refractivity contribution in [3.8, 4) is 0 Å². The molecule has 16 heavy (non-hydrogen) atoms. The van der Waals surface area contributed by atoms with Crippen LogP contribution in [0.25, 0.3) is 0 Å². The Kier molecular flexibility index (Phi) is 3.72. The lowest BCUT2D eigenvalue weighted by Crippen LogP contribution is -2.11. The van der Waals surface area contributed by atoms with Gasteiger partial charge in [-0.1, -0.05) is 0 Å². The van der Waals surface area contributed by atoms with E-state index in [4.69, 9.17) is 0 Å². The monoisotopic (exact) mass is 221 g/mol. The fourth-order valence-electron chi connectivity index (χ4n) is 2.17. The quantitative estimate of drug-likeness (QED) is 0.804. The van der Waals surface area contributed by atoms with E-state index in [9.17, 15) is 4.79 Å². The fourth-order valence-corrected chi connectivity index (χ4v) is 2.17. The maximum atomic E-state index is 11.7. The van der Waals surface area contributed by atoms with Crippen molar-refractivity contribution in [2.45, 2.75) is 25.7 Å². The summed E-state index contributed by atoms with van der Waals surface area (Å²) in [6.07, 6.45) is 5.31. The van der Waals surface area contributed by atoms with E-state index in [2.05, 4.69) is 10.4 Å². The summed E-state index contributed by atoms with van der Waals surface area (Å²) >= 11 is 0. The molecule has 0 saturated carbocycles. The highest BCUT2D eigenvalue weighted by Gasteiger charge is 2.16. The average molecular weight is 221 g/mol. The average Bonchev–Trinajstić information content (AvgIpc) is 2.87. The highest BCUT2D eigenvalue weighted by atomic mass is 16.1. The maximum Gasteiger partial charge on any atom is 0.138 e. The number of nitrogens with zero attached hydrogens (tertiary/aromatic N) is 2. The summed E-state index contributed by atoms with van der Waals surface area (Å²) in [6, 6.07) is 1.91. The summed E-state index contributed by atoms with van der Waals surface area (Å²) < 4.78 is 1.74.